The highest BCUT2D eigenvalue weighted by Crippen LogP contribution is 2.34. The van der Waals surface area contributed by atoms with E-state index in [1.54, 1.807) is 0 Å². The Morgan fingerprint density at radius 1 is 1.05 bits per heavy atom. The van der Waals surface area contributed by atoms with Crippen LogP contribution >= 0.6 is 15.9 Å². The highest BCUT2D eigenvalue weighted by molar-refractivity contribution is 9.10. The highest BCUT2D eigenvalue weighted by Gasteiger charge is 2.18. The Morgan fingerprint density at radius 2 is 1.75 bits per heavy atom. The zero-order valence-corrected chi connectivity index (χ0v) is 13.5. The molecule has 0 spiro atoms. The van der Waals surface area contributed by atoms with Crippen molar-refractivity contribution in [1.82, 2.24) is 0 Å². The fourth-order valence-electron chi connectivity index (χ4n) is 2.11. The maximum Gasteiger partial charge on any atom is 0.125 e. The van der Waals surface area contributed by atoms with E-state index >= 15 is 0 Å². The molecule has 2 aromatic carbocycles. The van der Waals surface area contributed by atoms with Crippen molar-refractivity contribution in [3.8, 4) is 5.75 Å². The Kier molecular flexibility index (Phi) is 4.84. The Labute approximate surface area is 128 Å². The zero-order valence-electron chi connectivity index (χ0n) is 11.9. The number of para-hydroxylation sites is 1. The first kappa shape index (κ1) is 15.1. The van der Waals surface area contributed by atoms with Crippen LogP contribution in [0.4, 0.5) is 0 Å². The molecule has 2 nitrogen and oxygen atoms in total. The number of ether oxygens (including phenoxy) is 1. The monoisotopic (exact) mass is 334 g/mol. The molecule has 0 aliphatic rings. The van der Waals surface area contributed by atoms with Crippen molar-refractivity contribution < 1.29 is 9.84 Å². The third-order valence-electron chi connectivity index (χ3n) is 3.02. The van der Waals surface area contributed by atoms with Crippen molar-refractivity contribution in [2.45, 2.75) is 33.0 Å². The molecule has 106 valence electrons. The van der Waals surface area contributed by atoms with Crippen LogP contribution in [0, 0.1) is 6.92 Å². The Hall–Kier alpha value is -1.32. The van der Waals surface area contributed by atoms with Gasteiger partial charge in [0.05, 0.1) is 6.10 Å². The standard InChI is InChI=1S/C17H19BrO2/c1-11(2)20-16-7-5-4-6-13(16)17(19)14-10-12(3)8-9-15(14)18/h4-11,17,19H,1-3H3. The van der Waals surface area contributed by atoms with Gasteiger partial charge in [0.1, 0.15) is 11.9 Å². The first-order chi connectivity index (χ1) is 9.49. The molecule has 2 rings (SSSR count). The van der Waals surface area contributed by atoms with Crippen LogP contribution < -0.4 is 4.74 Å². The molecule has 1 unspecified atom stereocenters. The summed E-state index contributed by atoms with van der Waals surface area (Å²) in [6.07, 6.45) is -0.636. The van der Waals surface area contributed by atoms with Crippen molar-refractivity contribution in [3.05, 3.63) is 63.6 Å². The van der Waals surface area contributed by atoms with Crippen molar-refractivity contribution in [2.24, 2.45) is 0 Å². The molecule has 20 heavy (non-hydrogen) atoms. The van der Waals surface area contributed by atoms with Gasteiger partial charge in [-0.2, -0.15) is 0 Å². The SMILES string of the molecule is Cc1ccc(Br)c(C(O)c2ccccc2OC(C)C)c1. The largest absolute Gasteiger partial charge is 0.491 e. The van der Waals surface area contributed by atoms with Gasteiger partial charge in [-0.1, -0.05) is 51.8 Å². The van der Waals surface area contributed by atoms with E-state index in [0.29, 0.717) is 0 Å². The third kappa shape index (κ3) is 3.41. The summed E-state index contributed by atoms with van der Waals surface area (Å²) in [5.74, 6) is 0.725. The minimum Gasteiger partial charge on any atom is -0.491 e. The predicted octanol–water partition coefficient (Wildman–Crippen LogP) is 4.63. The molecule has 0 fully saturated rings. The molecule has 1 N–H and O–H groups in total. The van der Waals surface area contributed by atoms with Crippen LogP contribution in [0.2, 0.25) is 0 Å². The molecule has 0 amide bonds. The average Bonchev–Trinajstić information content (AvgIpc) is 2.41. The number of aryl methyl sites for hydroxylation is 1. The fraction of sp³-hybridized carbons (Fsp3) is 0.294. The second-order valence-electron chi connectivity index (χ2n) is 5.13. The maximum absolute atomic E-state index is 10.7. The van der Waals surface area contributed by atoms with Crippen LogP contribution in [-0.2, 0) is 0 Å². The van der Waals surface area contributed by atoms with Crippen molar-refractivity contribution >= 4 is 15.9 Å². The van der Waals surface area contributed by atoms with Crippen LogP contribution in [-0.4, -0.2) is 11.2 Å². The molecular weight excluding hydrogens is 316 g/mol. The summed E-state index contributed by atoms with van der Waals surface area (Å²) < 4.78 is 6.68. The number of aliphatic hydroxyl groups is 1. The maximum atomic E-state index is 10.7. The van der Waals surface area contributed by atoms with Crippen LogP contribution in [0.25, 0.3) is 0 Å². The Bertz CT molecular complexity index is 593. The minimum absolute atomic E-state index is 0.0734. The van der Waals surface area contributed by atoms with Gasteiger partial charge in [0.25, 0.3) is 0 Å². The topological polar surface area (TPSA) is 29.5 Å². The van der Waals surface area contributed by atoms with E-state index in [0.717, 1.165) is 26.9 Å². The van der Waals surface area contributed by atoms with E-state index in [9.17, 15) is 5.11 Å². The van der Waals surface area contributed by atoms with Gasteiger partial charge in [0, 0.05) is 10.0 Å². The van der Waals surface area contributed by atoms with Crippen LogP contribution in [0.1, 0.15) is 36.6 Å². The lowest BCUT2D eigenvalue weighted by Gasteiger charge is -2.19. The van der Waals surface area contributed by atoms with Gasteiger partial charge in [-0.15, -0.1) is 0 Å². The summed E-state index contributed by atoms with van der Waals surface area (Å²) in [4.78, 5) is 0. The first-order valence-corrected chi connectivity index (χ1v) is 7.48. The summed E-state index contributed by atoms with van der Waals surface area (Å²) in [7, 11) is 0. The Balaban J connectivity index is 2.42. The quantitative estimate of drug-likeness (QED) is 0.883. The van der Waals surface area contributed by atoms with E-state index in [4.69, 9.17) is 4.74 Å². The lowest BCUT2D eigenvalue weighted by atomic mass is 9.99. The molecule has 0 saturated carbocycles. The second-order valence-corrected chi connectivity index (χ2v) is 5.99. The van der Waals surface area contributed by atoms with E-state index < -0.39 is 6.10 Å². The minimum atomic E-state index is -0.709. The summed E-state index contributed by atoms with van der Waals surface area (Å²) >= 11 is 3.50. The molecule has 1 atom stereocenters. The average molecular weight is 335 g/mol. The molecule has 0 radical (unpaired) electrons. The predicted molar refractivity (Wildman–Crippen MR) is 85.1 cm³/mol. The summed E-state index contributed by atoms with van der Waals surface area (Å²) in [5.41, 5.74) is 2.75. The smallest absolute Gasteiger partial charge is 0.125 e. The molecule has 3 heteroatoms. The van der Waals surface area contributed by atoms with E-state index in [2.05, 4.69) is 15.9 Å². The molecule has 0 aromatic heterocycles. The van der Waals surface area contributed by atoms with Crippen LogP contribution in [0.15, 0.2) is 46.9 Å². The highest BCUT2D eigenvalue weighted by atomic mass is 79.9. The third-order valence-corrected chi connectivity index (χ3v) is 3.74. The number of halogens is 1. The fourth-order valence-corrected chi connectivity index (χ4v) is 2.57. The van der Waals surface area contributed by atoms with Crippen molar-refractivity contribution in [3.63, 3.8) is 0 Å². The van der Waals surface area contributed by atoms with E-state index in [1.807, 2.05) is 63.2 Å². The summed E-state index contributed by atoms with van der Waals surface area (Å²) in [6.45, 7) is 5.97. The van der Waals surface area contributed by atoms with Crippen molar-refractivity contribution in [2.75, 3.05) is 0 Å². The number of benzene rings is 2. The number of rotatable bonds is 4. The molecule has 2 aromatic rings. The summed E-state index contributed by atoms with van der Waals surface area (Å²) in [5, 5.41) is 10.7. The van der Waals surface area contributed by atoms with Gasteiger partial charge in [0.15, 0.2) is 0 Å². The Morgan fingerprint density at radius 3 is 2.45 bits per heavy atom. The number of hydrogen-bond donors (Lipinski definition) is 1. The lowest BCUT2D eigenvalue weighted by Crippen LogP contribution is -2.10. The lowest BCUT2D eigenvalue weighted by molar-refractivity contribution is 0.197. The molecule has 0 aliphatic heterocycles. The zero-order chi connectivity index (χ0) is 14.7. The van der Waals surface area contributed by atoms with Crippen molar-refractivity contribution in [1.29, 1.82) is 0 Å². The van der Waals surface area contributed by atoms with Crippen LogP contribution in [0.5, 0.6) is 5.75 Å². The molecule has 0 aliphatic carbocycles. The second kappa shape index (κ2) is 6.42. The molecule has 0 saturated heterocycles. The molecular formula is C17H19BrO2. The molecule has 0 bridgehead atoms. The van der Waals surface area contributed by atoms with E-state index in [-0.39, 0.29) is 6.10 Å². The van der Waals surface area contributed by atoms with E-state index in [1.165, 1.54) is 0 Å². The number of aliphatic hydroxyl groups excluding tert-OH is 1. The molecule has 0 heterocycles. The van der Waals surface area contributed by atoms with Gasteiger partial charge in [-0.05, 0) is 38.5 Å². The summed E-state index contributed by atoms with van der Waals surface area (Å²) in [6, 6.07) is 13.6. The first-order valence-electron chi connectivity index (χ1n) is 6.68. The number of hydrogen-bond acceptors (Lipinski definition) is 2. The van der Waals surface area contributed by atoms with Gasteiger partial charge in [-0.3, -0.25) is 0 Å². The van der Waals surface area contributed by atoms with Gasteiger partial charge in [0.2, 0.25) is 0 Å². The van der Waals surface area contributed by atoms with Gasteiger partial charge < -0.3 is 9.84 Å². The van der Waals surface area contributed by atoms with Gasteiger partial charge in [-0.25, -0.2) is 0 Å². The van der Waals surface area contributed by atoms with Crippen LogP contribution in [0.3, 0.4) is 0 Å². The normalized spacial score (nSPS) is 12.5. The van der Waals surface area contributed by atoms with Gasteiger partial charge >= 0.3 is 0 Å².